The van der Waals surface area contributed by atoms with Crippen LogP contribution >= 0.6 is 0 Å². The fraction of sp³-hybridized carbons (Fsp3) is 0.720. The number of nitrogens with two attached hydrogens (primary N) is 1. The van der Waals surface area contributed by atoms with Gasteiger partial charge in [-0.2, -0.15) is 0 Å². The Bertz CT molecular complexity index is 720. The number of hydrogen-bond acceptors (Lipinski definition) is 6. The smallest absolute Gasteiger partial charge is 0.226 e. The summed E-state index contributed by atoms with van der Waals surface area (Å²) in [5.41, 5.74) is 7.23. The molecule has 0 aliphatic heterocycles. The summed E-state index contributed by atoms with van der Waals surface area (Å²) in [5.74, 6) is 2.12. The number of ether oxygens (including phenoxy) is 3. The molecule has 32 heavy (non-hydrogen) atoms. The van der Waals surface area contributed by atoms with E-state index >= 15 is 0 Å². The van der Waals surface area contributed by atoms with Crippen molar-refractivity contribution in [3.63, 3.8) is 0 Å². The number of rotatable bonds is 15. The minimum Gasteiger partial charge on any atom is -0.493 e. The molecule has 7 nitrogen and oxygen atoms in total. The van der Waals surface area contributed by atoms with Crippen molar-refractivity contribution in [2.45, 2.75) is 65.0 Å². The second-order valence-corrected chi connectivity index (χ2v) is 9.63. The average molecular weight is 451 g/mol. The van der Waals surface area contributed by atoms with Gasteiger partial charge < -0.3 is 30.4 Å². The molecule has 0 heterocycles. The summed E-state index contributed by atoms with van der Waals surface area (Å²) in [4.78, 5) is 12.1. The molecule has 1 amide bonds. The molecule has 1 aromatic carbocycles. The van der Waals surface area contributed by atoms with Crippen molar-refractivity contribution in [3.8, 4) is 11.5 Å². The summed E-state index contributed by atoms with van der Waals surface area (Å²) in [7, 11) is 3.31. The monoisotopic (exact) mass is 450 g/mol. The van der Waals surface area contributed by atoms with Gasteiger partial charge in [0.25, 0.3) is 0 Å². The number of carbonyl (C=O) groups excluding carboxylic acids is 1. The van der Waals surface area contributed by atoms with Crippen LogP contribution in [0.2, 0.25) is 0 Å². The molecule has 7 heteroatoms. The second-order valence-electron chi connectivity index (χ2n) is 9.63. The van der Waals surface area contributed by atoms with Gasteiger partial charge in [0.1, 0.15) is 0 Å². The highest BCUT2D eigenvalue weighted by Crippen LogP contribution is 2.45. The number of methoxy groups -OCH3 is 2. The van der Waals surface area contributed by atoms with E-state index in [0.717, 1.165) is 37.0 Å². The Kier molecular flexibility index (Phi) is 10.3. The zero-order valence-electron chi connectivity index (χ0n) is 20.4. The Hall–Kier alpha value is -1.83. The molecule has 3 unspecified atom stereocenters. The third-order valence-corrected chi connectivity index (χ3v) is 6.51. The van der Waals surface area contributed by atoms with Crippen LogP contribution in [0.5, 0.6) is 11.5 Å². The van der Waals surface area contributed by atoms with Gasteiger partial charge in [-0.1, -0.05) is 26.8 Å². The number of aliphatic hydroxyl groups is 1. The first-order chi connectivity index (χ1) is 15.2. The van der Waals surface area contributed by atoms with Crippen LogP contribution in [0, 0.1) is 17.3 Å². The van der Waals surface area contributed by atoms with Crippen molar-refractivity contribution in [1.82, 2.24) is 5.32 Å². The normalized spacial score (nSPS) is 17.5. The van der Waals surface area contributed by atoms with Crippen molar-refractivity contribution in [1.29, 1.82) is 0 Å². The van der Waals surface area contributed by atoms with Crippen LogP contribution in [-0.2, 0) is 16.0 Å². The summed E-state index contributed by atoms with van der Waals surface area (Å²) in [6.45, 7) is 7.70. The van der Waals surface area contributed by atoms with Crippen LogP contribution in [-0.4, -0.2) is 57.1 Å². The number of benzene rings is 1. The molecule has 4 N–H and O–H groups in total. The molecule has 0 saturated heterocycles. The molecule has 0 radical (unpaired) electrons. The molecule has 1 saturated carbocycles. The van der Waals surface area contributed by atoms with E-state index in [1.807, 2.05) is 19.1 Å². The van der Waals surface area contributed by atoms with Gasteiger partial charge in [0.2, 0.25) is 5.91 Å². The largest absolute Gasteiger partial charge is 0.493 e. The average Bonchev–Trinajstić information content (AvgIpc) is 3.52. The molecule has 2 rings (SSSR count). The minimum absolute atomic E-state index is 0.0143. The van der Waals surface area contributed by atoms with Crippen molar-refractivity contribution < 1.29 is 24.1 Å². The first-order valence-corrected chi connectivity index (χ1v) is 11.7. The minimum atomic E-state index is -0.766. The number of amides is 1. The number of aliphatic hydroxyl groups excluding tert-OH is 1. The maximum Gasteiger partial charge on any atom is 0.226 e. The number of carbonyl (C=O) groups is 1. The highest BCUT2D eigenvalue weighted by molar-refractivity contribution is 5.84. The summed E-state index contributed by atoms with van der Waals surface area (Å²) < 4.78 is 16.4. The molecular formula is C25H42N2O5. The van der Waals surface area contributed by atoms with E-state index in [4.69, 9.17) is 19.9 Å². The van der Waals surface area contributed by atoms with Crippen molar-refractivity contribution in [2.24, 2.45) is 23.0 Å². The lowest BCUT2D eigenvalue weighted by Gasteiger charge is -2.28. The summed E-state index contributed by atoms with van der Waals surface area (Å²) in [5, 5.41) is 13.4. The first-order valence-electron chi connectivity index (χ1n) is 11.7. The third-order valence-electron chi connectivity index (χ3n) is 6.51. The lowest BCUT2D eigenvalue weighted by molar-refractivity contribution is -0.126. The Labute approximate surface area is 193 Å². The molecule has 3 atom stereocenters. The number of nitrogens with one attached hydrogen (secondary N) is 1. The highest BCUT2D eigenvalue weighted by atomic mass is 16.5. The van der Waals surface area contributed by atoms with Gasteiger partial charge >= 0.3 is 0 Å². The predicted molar refractivity (Wildman–Crippen MR) is 126 cm³/mol. The van der Waals surface area contributed by atoms with E-state index in [9.17, 15) is 9.90 Å². The molecule has 1 aliphatic rings. The molecule has 0 aromatic heterocycles. The van der Waals surface area contributed by atoms with Gasteiger partial charge in [0.05, 0.1) is 19.8 Å². The molecule has 0 bridgehead atoms. The SMILES string of the molecule is COCCCOc1cc(CC(CC(N)C(O)CNC(=O)C2(C)CC2)C(C)C)ccc1OC. The lowest BCUT2D eigenvalue weighted by atomic mass is 9.83. The van der Waals surface area contributed by atoms with Gasteiger partial charge in [-0.3, -0.25) is 4.79 Å². The third kappa shape index (κ3) is 7.94. The predicted octanol–water partition coefficient (Wildman–Crippen LogP) is 2.92. The molecule has 182 valence electrons. The maximum atomic E-state index is 12.1. The molecule has 1 aliphatic carbocycles. The zero-order chi connectivity index (χ0) is 23.7. The van der Waals surface area contributed by atoms with E-state index in [-0.39, 0.29) is 23.8 Å². The van der Waals surface area contributed by atoms with Gasteiger partial charge in [-0.25, -0.2) is 0 Å². The molecule has 1 aromatic rings. The highest BCUT2D eigenvalue weighted by Gasteiger charge is 2.44. The van der Waals surface area contributed by atoms with E-state index in [0.29, 0.717) is 31.3 Å². The zero-order valence-corrected chi connectivity index (χ0v) is 20.4. The Morgan fingerprint density at radius 3 is 2.53 bits per heavy atom. The summed E-state index contributed by atoms with van der Waals surface area (Å²) in [6, 6.07) is 5.60. The fourth-order valence-corrected chi connectivity index (χ4v) is 3.72. The molecular weight excluding hydrogens is 408 g/mol. The van der Waals surface area contributed by atoms with Crippen LogP contribution in [0.15, 0.2) is 18.2 Å². The number of hydrogen-bond donors (Lipinski definition) is 3. The van der Waals surface area contributed by atoms with E-state index in [2.05, 4.69) is 25.2 Å². The fourth-order valence-electron chi connectivity index (χ4n) is 3.72. The molecule has 0 spiro atoms. The summed E-state index contributed by atoms with van der Waals surface area (Å²) >= 11 is 0. The van der Waals surface area contributed by atoms with Crippen LogP contribution in [0.3, 0.4) is 0 Å². The van der Waals surface area contributed by atoms with Crippen LogP contribution in [0.1, 0.15) is 52.0 Å². The van der Waals surface area contributed by atoms with Crippen molar-refractivity contribution in [3.05, 3.63) is 23.8 Å². The van der Waals surface area contributed by atoms with Gasteiger partial charge in [0, 0.05) is 38.1 Å². The Morgan fingerprint density at radius 2 is 1.94 bits per heavy atom. The standard InChI is InChI=1S/C25H42N2O5/c1-17(2)19(15-20(26)21(28)16-27-24(29)25(3)9-10-25)13-18-7-8-22(31-5)23(14-18)32-12-6-11-30-4/h7-8,14,17,19-21,28H,6,9-13,15-16,26H2,1-5H3,(H,27,29). The van der Waals surface area contributed by atoms with Crippen LogP contribution in [0.25, 0.3) is 0 Å². The lowest BCUT2D eigenvalue weighted by Crippen LogP contribution is -2.46. The Morgan fingerprint density at radius 1 is 1.22 bits per heavy atom. The molecule has 1 fully saturated rings. The van der Waals surface area contributed by atoms with Gasteiger partial charge in [-0.15, -0.1) is 0 Å². The topological polar surface area (TPSA) is 103 Å². The summed E-state index contributed by atoms with van der Waals surface area (Å²) in [6.07, 6.45) is 3.36. The van der Waals surface area contributed by atoms with E-state index in [1.165, 1.54) is 0 Å². The van der Waals surface area contributed by atoms with E-state index < -0.39 is 12.1 Å². The maximum absolute atomic E-state index is 12.1. The second kappa shape index (κ2) is 12.4. The quantitative estimate of drug-likeness (QED) is 0.355. The van der Waals surface area contributed by atoms with Gasteiger partial charge in [-0.05, 0) is 55.2 Å². The van der Waals surface area contributed by atoms with Crippen molar-refractivity contribution >= 4 is 5.91 Å². The van der Waals surface area contributed by atoms with Crippen LogP contribution < -0.4 is 20.5 Å². The van der Waals surface area contributed by atoms with Crippen LogP contribution in [0.4, 0.5) is 0 Å². The van der Waals surface area contributed by atoms with Crippen molar-refractivity contribution in [2.75, 3.05) is 34.0 Å². The van der Waals surface area contributed by atoms with Gasteiger partial charge in [0.15, 0.2) is 11.5 Å². The van der Waals surface area contributed by atoms with E-state index in [1.54, 1.807) is 14.2 Å². The first kappa shape index (κ1) is 26.4. The Balaban J connectivity index is 1.94.